The molecule has 2 aromatic rings. The van der Waals surface area contributed by atoms with Gasteiger partial charge < -0.3 is 4.74 Å². The van der Waals surface area contributed by atoms with Gasteiger partial charge in [-0.2, -0.15) is 0 Å². The van der Waals surface area contributed by atoms with E-state index in [1.165, 1.54) is 11.1 Å². The van der Waals surface area contributed by atoms with Crippen molar-refractivity contribution in [1.82, 2.24) is 0 Å². The Kier molecular flexibility index (Phi) is 3.70. The summed E-state index contributed by atoms with van der Waals surface area (Å²) in [4.78, 5) is 0. The van der Waals surface area contributed by atoms with Crippen molar-refractivity contribution >= 4 is 11.6 Å². The minimum Gasteiger partial charge on any atom is -0.496 e. The summed E-state index contributed by atoms with van der Waals surface area (Å²) in [6, 6.07) is 14.4. The van der Waals surface area contributed by atoms with Crippen LogP contribution in [0, 0.1) is 6.92 Å². The SMILES string of the molecule is COc1ccc(-c2ccccc2CCl)cc1C. The van der Waals surface area contributed by atoms with Crippen molar-refractivity contribution in [1.29, 1.82) is 0 Å². The molecule has 17 heavy (non-hydrogen) atoms. The lowest BCUT2D eigenvalue weighted by Crippen LogP contribution is -1.90. The van der Waals surface area contributed by atoms with Gasteiger partial charge >= 0.3 is 0 Å². The summed E-state index contributed by atoms with van der Waals surface area (Å²) in [5.41, 5.74) is 4.65. The molecule has 0 bridgehead atoms. The van der Waals surface area contributed by atoms with Gasteiger partial charge in [-0.1, -0.05) is 30.3 Å². The minimum atomic E-state index is 0.529. The molecule has 0 heterocycles. The van der Waals surface area contributed by atoms with Crippen LogP contribution in [0.15, 0.2) is 42.5 Å². The summed E-state index contributed by atoms with van der Waals surface area (Å²) in [7, 11) is 1.69. The van der Waals surface area contributed by atoms with Crippen molar-refractivity contribution in [2.45, 2.75) is 12.8 Å². The molecule has 0 amide bonds. The molecular formula is C15H15ClO. The Morgan fingerprint density at radius 2 is 1.88 bits per heavy atom. The zero-order valence-corrected chi connectivity index (χ0v) is 10.8. The average Bonchev–Trinajstić information content (AvgIpc) is 2.38. The van der Waals surface area contributed by atoms with Crippen LogP contribution in [-0.4, -0.2) is 7.11 Å². The highest BCUT2D eigenvalue weighted by Crippen LogP contribution is 2.29. The Morgan fingerprint density at radius 3 is 2.53 bits per heavy atom. The van der Waals surface area contributed by atoms with Gasteiger partial charge in [-0.15, -0.1) is 11.6 Å². The number of hydrogen-bond acceptors (Lipinski definition) is 1. The van der Waals surface area contributed by atoms with E-state index in [0.717, 1.165) is 16.9 Å². The van der Waals surface area contributed by atoms with Gasteiger partial charge in [0.1, 0.15) is 5.75 Å². The second-order valence-electron chi connectivity index (χ2n) is 3.98. The fourth-order valence-electron chi connectivity index (χ4n) is 1.96. The first-order chi connectivity index (χ1) is 8.26. The third-order valence-corrected chi connectivity index (χ3v) is 3.16. The van der Waals surface area contributed by atoms with E-state index in [1.54, 1.807) is 7.11 Å². The quantitative estimate of drug-likeness (QED) is 0.729. The molecule has 0 spiro atoms. The van der Waals surface area contributed by atoms with Crippen LogP contribution in [-0.2, 0) is 5.88 Å². The molecule has 2 aromatic carbocycles. The Morgan fingerprint density at radius 1 is 1.12 bits per heavy atom. The number of aryl methyl sites for hydroxylation is 1. The van der Waals surface area contributed by atoms with Crippen molar-refractivity contribution < 1.29 is 4.74 Å². The molecule has 0 fully saturated rings. The first-order valence-electron chi connectivity index (χ1n) is 5.55. The topological polar surface area (TPSA) is 9.23 Å². The van der Waals surface area contributed by atoms with E-state index < -0.39 is 0 Å². The third kappa shape index (κ3) is 2.45. The molecule has 0 aliphatic rings. The van der Waals surface area contributed by atoms with Crippen molar-refractivity contribution in [2.24, 2.45) is 0 Å². The minimum absolute atomic E-state index is 0.529. The van der Waals surface area contributed by atoms with Crippen LogP contribution in [0.5, 0.6) is 5.75 Å². The highest BCUT2D eigenvalue weighted by Gasteiger charge is 2.05. The molecule has 0 saturated carbocycles. The first kappa shape index (κ1) is 12.0. The molecule has 2 rings (SSSR count). The molecule has 0 aliphatic carbocycles. The number of ether oxygens (including phenoxy) is 1. The summed E-state index contributed by atoms with van der Waals surface area (Å²) < 4.78 is 5.27. The molecule has 0 aromatic heterocycles. The van der Waals surface area contributed by atoms with Gasteiger partial charge in [0.2, 0.25) is 0 Å². The molecule has 0 radical (unpaired) electrons. The molecule has 1 nitrogen and oxygen atoms in total. The van der Waals surface area contributed by atoms with Crippen LogP contribution >= 0.6 is 11.6 Å². The van der Waals surface area contributed by atoms with E-state index in [2.05, 4.69) is 24.3 Å². The van der Waals surface area contributed by atoms with E-state index in [1.807, 2.05) is 25.1 Å². The fourth-order valence-corrected chi connectivity index (χ4v) is 2.20. The monoisotopic (exact) mass is 246 g/mol. The van der Waals surface area contributed by atoms with Gasteiger partial charge in [0.05, 0.1) is 7.11 Å². The lowest BCUT2D eigenvalue weighted by Gasteiger charge is -2.10. The van der Waals surface area contributed by atoms with Crippen LogP contribution in [0.4, 0.5) is 0 Å². The summed E-state index contributed by atoms with van der Waals surface area (Å²) in [5.74, 6) is 1.44. The average molecular weight is 247 g/mol. The molecular weight excluding hydrogens is 232 g/mol. The summed E-state index contributed by atoms with van der Waals surface area (Å²) >= 11 is 5.96. The summed E-state index contributed by atoms with van der Waals surface area (Å²) in [5, 5.41) is 0. The molecule has 0 aliphatic heterocycles. The predicted octanol–water partition coefficient (Wildman–Crippen LogP) is 4.41. The number of halogens is 1. The van der Waals surface area contributed by atoms with Gasteiger partial charge in [0.25, 0.3) is 0 Å². The normalized spacial score (nSPS) is 10.3. The fraction of sp³-hybridized carbons (Fsp3) is 0.200. The van der Waals surface area contributed by atoms with Crippen LogP contribution < -0.4 is 4.74 Å². The lowest BCUT2D eigenvalue weighted by molar-refractivity contribution is 0.412. The van der Waals surface area contributed by atoms with Gasteiger partial charge in [-0.25, -0.2) is 0 Å². The van der Waals surface area contributed by atoms with E-state index in [4.69, 9.17) is 16.3 Å². The van der Waals surface area contributed by atoms with Gasteiger partial charge in [0, 0.05) is 5.88 Å². The molecule has 2 heteroatoms. The molecule has 0 unspecified atom stereocenters. The van der Waals surface area contributed by atoms with Gasteiger partial charge in [-0.05, 0) is 41.3 Å². The Hall–Kier alpha value is -1.47. The van der Waals surface area contributed by atoms with Crippen molar-refractivity contribution in [2.75, 3.05) is 7.11 Å². The van der Waals surface area contributed by atoms with E-state index in [0.29, 0.717) is 5.88 Å². The largest absolute Gasteiger partial charge is 0.496 e. The van der Waals surface area contributed by atoms with Gasteiger partial charge in [0.15, 0.2) is 0 Å². The van der Waals surface area contributed by atoms with Crippen LogP contribution in [0.25, 0.3) is 11.1 Å². The van der Waals surface area contributed by atoms with E-state index >= 15 is 0 Å². The van der Waals surface area contributed by atoms with E-state index in [9.17, 15) is 0 Å². The number of benzene rings is 2. The predicted molar refractivity (Wildman–Crippen MR) is 72.7 cm³/mol. The van der Waals surface area contributed by atoms with Crippen molar-refractivity contribution in [3.63, 3.8) is 0 Å². The third-order valence-electron chi connectivity index (χ3n) is 2.87. The number of alkyl halides is 1. The maximum Gasteiger partial charge on any atom is 0.121 e. The maximum atomic E-state index is 5.96. The lowest BCUT2D eigenvalue weighted by atomic mass is 9.99. The zero-order chi connectivity index (χ0) is 12.3. The smallest absolute Gasteiger partial charge is 0.121 e. The standard InChI is InChI=1S/C15H15ClO/c1-11-9-12(7-8-15(11)17-2)14-6-4-3-5-13(14)10-16/h3-9H,10H2,1-2H3. The molecule has 0 saturated heterocycles. The van der Waals surface area contributed by atoms with Gasteiger partial charge in [-0.3, -0.25) is 0 Å². The highest BCUT2D eigenvalue weighted by atomic mass is 35.5. The highest BCUT2D eigenvalue weighted by molar-refractivity contribution is 6.17. The Balaban J connectivity index is 2.49. The van der Waals surface area contributed by atoms with Crippen molar-refractivity contribution in [3.8, 4) is 16.9 Å². The molecule has 0 N–H and O–H groups in total. The second kappa shape index (κ2) is 5.24. The van der Waals surface area contributed by atoms with Crippen molar-refractivity contribution in [3.05, 3.63) is 53.6 Å². The second-order valence-corrected chi connectivity index (χ2v) is 4.24. The number of rotatable bonds is 3. The van der Waals surface area contributed by atoms with Crippen LogP contribution in [0.1, 0.15) is 11.1 Å². The van der Waals surface area contributed by atoms with E-state index in [-0.39, 0.29) is 0 Å². The molecule has 88 valence electrons. The zero-order valence-electron chi connectivity index (χ0n) is 10.0. The number of hydrogen-bond donors (Lipinski definition) is 0. The van der Waals surface area contributed by atoms with Crippen LogP contribution in [0.3, 0.4) is 0 Å². The Labute approximate surface area is 107 Å². The number of methoxy groups -OCH3 is 1. The first-order valence-corrected chi connectivity index (χ1v) is 6.08. The summed E-state index contributed by atoms with van der Waals surface area (Å²) in [6.45, 7) is 2.05. The summed E-state index contributed by atoms with van der Waals surface area (Å²) in [6.07, 6.45) is 0. The van der Waals surface area contributed by atoms with Crippen LogP contribution in [0.2, 0.25) is 0 Å². The Bertz CT molecular complexity index is 520. The molecule has 0 atom stereocenters. The maximum absolute atomic E-state index is 5.96.